The van der Waals surface area contributed by atoms with Crippen molar-refractivity contribution in [1.29, 1.82) is 0 Å². The molecule has 3 rings (SSSR count). The fourth-order valence-electron chi connectivity index (χ4n) is 3.60. The highest BCUT2D eigenvalue weighted by Crippen LogP contribution is 2.27. The lowest BCUT2D eigenvalue weighted by Gasteiger charge is -2.30. The second-order valence-corrected chi connectivity index (χ2v) is 10.3. The summed E-state index contributed by atoms with van der Waals surface area (Å²) >= 11 is 12.0. The minimum atomic E-state index is -3.58. The highest BCUT2D eigenvalue weighted by Gasteiger charge is 2.31. The van der Waals surface area contributed by atoms with Crippen LogP contribution in [0.5, 0.6) is 0 Å². The van der Waals surface area contributed by atoms with Crippen molar-refractivity contribution in [2.75, 3.05) is 18.4 Å². The van der Waals surface area contributed by atoms with Crippen molar-refractivity contribution in [2.45, 2.75) is 25.5 Å². The van der Waals surface area contributed by atoms with Gasteiger partial charge in [-0.25, -0.2) is 12.7 Å². The average molecular weight is 484 g/mol. The molecule has 0 bridgehead atoms. The van der Waals surface area contributed by atoms with Gasteiger partial charge in [-0.05, 0) is 55.2 Å². The zero-order valence-electron chi connectivity index (χ0n) is 16.9. The summed E-state index contributed by atoms with van der Waals surface area (Å²) in [6.07, 6.45) is 0.794. The number of sulfonamides is 1. The van der Waals surface area contributed by atoms with E-state index in [2.05, 4.69) is 5.32 Å². The van der Waals surface area contributed by atoms with Crippen molar-refractivity contribution in [3.63, 3.8) is 0 Å². The third kappa shape index (κ3) is 5.57. The Morgan fingerprint density at radius 1 is 1.16 bits per heavy atom. The van der Waals surface area contributed by atoms with Crippen LogP contribution in [0, 0.1) is 12.8 Å². The highest BCUT2D eigenvalue weighted by molar-refractivity contribution is 7.88. The van der Waals surface area contributed by atoms with Crippen LogP contribution in [-0.2, 0) is 20.6 Å². The first-order valence-corrected chi connectivity index (χ1v) is 12.1. The fourth-order valence-corrected chi connectivity index (χ4v) is 5.74. The Morgan fingerprint density at radius 2 is 1.84 bits per heavy atom. The van der Waals surface area contributed by atoms with Gasteiger partial charge in [-0.15, -0.1) is 0 Å². The molecule has 3 N–H and O–H groups in total. The third-order valence-electron chi connectivity index (χ3n) is 5.43. The Balaban J connectivity index is 1.62. The van der Waals surface area contributed by atoms with Gasteiger partial charge < -0.3 is 11.1 Å². The first-order chi connectivity index (χ1) is 14.6. The lowest BCUT2D eigenvalue weighted by atomic mass is 9.96. The molecule has 1 saturated heterocycles. The molecular formula is C21H23Cl2N3O4S. The van der Waals surface area contributed by atoms with Crippen LogP contribution >= 0.6 is 23.2 Å². The molecule has 0 atom stereocenters. The number of carbonyl (C=O) groups excluding carboxylic acids is 2. The molecule has 2 aromatic carbocycles. The smallest absolute Gasteiger partial charge is 0.249 e. The number of hydrogen-bond donors (Lipinski definition) is 2. The van der Waals surface area contributed by atoms with E-state index in [1.54, 1.807) is 37.3 Å². The monoisotopic (exact) mass is 483 g/mol. The van der Waals surface area contributed by atoms with E-state index in [1.165, 1.54) is 10.4 Å². The topological polar surface area (TPSA) is 110 Å². The molecule has 0 saturated carbocycles. The summed E-state index contributed by atoms with van der Waals surface area (Å²) in [5, 5.41) is 3.58. The minimum Gasteiger partial charge on any atom is -0.366 e. The summed E-state index contributed by atoms with van der Waals surface area (Å²) in [6, 6.07) is 9.67. The van der Waals surface area contributed by atoms with Crippen molar-refractivity contribution < 1.29 is 18.0 Å². The molecular weight excluding hydrogens is 461 g/mol. The van der Waals surface area contributed by atoms with Crippen molar-refractivity contribution in [1.82, 2.24) is 4.31 Å². The Hall–Kier alpha value is -2.13. The molecule has 1 fully saturated rings. The molecule has 166 valence electrons. The van der Waals surface area contributed by atoms with Gasteiger partial charge in [0.2, 0.25) is 21.8 Å². The zero-order valence-corrected chi connectivity index (χ0v) is 19.2. The summed E-state index contributed by atoms with van der Waals surface area (Å²) in [5.74, 6) is -1.32. The van der Waals surface area contributed by atoms with Crippen LogP contribution in [0.4, 0.5) is 5.69 Å². The van der Waals surface area contributed by atoms with E-state index >= 15 is 0 Å². The number of primary amides is 1. The quantitative estimate of drug-likeness (QED) is 0.653. The van der Waals surface area contributed by atoms with Crippen LogP contribution < -0.4 is 11.1 Å². The van der Waals surface area contributed by atoms with Crippen LogP contribution in [0.15, 0.2) is 36.4 Å². The third-order valence-corrected chi connectivity index (χ3v) is 7.84. The molecule has 0 radical (unpaired) electrons. The number of carbonyl (C=O) groups is 2. The van der Waals surface area contributed by atoms with E-state index in [9.17, 15) is 18.0 Å². The molecule has 1 aliphatic rings. The van der Waals surface area contributed by atoms with Crippen LogP contribution in [0.2, 0.25) is 10.0 Å². The Morgan fingerprint density at radius 3 is 2.45 bits per heavy atom. The largest absolute Gasteiger partial charge is 0.366 e. The number of piperidine rings is 1. The first-order valence-electron chi connectivity index (χ1n) is 9.70. The van der Waals surface area contributed by atoms with Gasteiger partial charge in [0.05, 0.1) is 5.75 Å². The summed E-state index contributed by atoms with van der Waals surface area (Å²) in [6.45, 7) is 2.20. The zero-order chi connectivity index (χ0) is 22.8. The Bertz CT molecular complexity index is 1110. The number of halogens is 2. The van der Waals surface area contributed by atoms with Crippen LogP contribution in [0.25, 0.3) is 0 Å². The molecule has 0 spiro atoms. The summed E-state index contributed by atoms with van der Waals surface area (Å²) < 4.78 is 27.0. The van der Waals surface area contributed by atoms with Crippen molar-refractivity contribution in [3.8, 4) is 0 Å². The predicted molar refractivity (Wildman–Crippen MR) is 122 cm³/mol. The summed E-state index contributed by atoms with van der Waals surface area (Å²) in [4.78, 5) is 24.2. The molecule has 1 heterocycles. The van der Waals surface area contributed by atoms with Gasteiger partial charge in [-0.1, -0.05) is 35.3 Å². The minimum absolute atomic E-state index is 0.206. The van der Waals surface area contributed by atoms with Crippen LogP contribution in [-0.4, -0.2) is 37.6 Å². The van der Waals surface area contributed by atoms with Gasteiger partial charge in [0, 0.05) is 40.3 Å². The van der Waals surface area contributed by atoms with E-state index in [0.717, 1.165) is 0 Å². The maximum Gasteiger partial charge on any atom is 0.249 e. The van der Waals surface area contributed by atoms with Gasteiger partial charge in [-0.3, -0.25) is 9.59 Å². The number of hydrogen-bond acceptors (Lipinski definition) is 4. The number of anilines is 1. The molecule has 10 heteroatoms. The maximum atomic E-state index is 12.8. The summed E-state index contributed by atoms with van der Waals surface area (Å²) in [5.41, 5.74) is 7.31. The normalized spacial score (nSPS) is 15.6. The fraction of sp³-hybridized carbons (Fsp3) is 0.333. The molecule has 0 aliphatic carbocycles. The van der Waals surface area contributed by atoms with Crippen molar-refractivity contribution in [2.24, 2.45) is 11.7 Å². The highest BCUT2D eigenvalue weighted by atomic mass is 35.5. The van der Waals surface area contributed by atoms with Gasteiger partial charge >= 0.3 is 0 Å². The van der Waals surface area contributed by atoms with Gasteiger partial charge in [0.1, 0.15) is 0 Å². The van der Waals surface area contributed by atoms with Crippen molar-refractivity contribution in [3.05, 3.63) is 63.1 Å². The Labute approximate surface area is 191 Å². The van der Waals surface area contributed by atoms with Crippen LogP contribution in [0.1, 0.15) is 34.3 Å². The molecule has 31 heavy (non-hydrogen) atoms. The van der Waals surface area contributed by atoms with E-state index in [0.29, 0.717) is 45.3 Å². The number of amides is 2. The maximum absolute atomic E-state index is 12.8. The lowest BCUT2D eigenvalue weighted by molar-refractivity contribution is -0.120. The van der Waals surface area contributed by atoms with Gasteiger partial charge in [0.15, 0.2) is 0 Å². The second kappa shape index (κ2) is 9.56. The number of nitrogens with two attached hydrogens (primary N) is 1. The van der Waals surface area contributed by atoms with Gasteiger partial charge in [0.25, 0.3) is 0 Å². The molecule has 0 unspecified atom stereocenters. The number of benzene rings is 2. The second-order valence-electron chi connectivity index (χ2n) is 7.50. The van der Waals surface area contributed by atoms with Crippen molar-refractivity contribution >= 4 is 50.7 Å². The number of nitrogens with zero attached hydrogens (tertiary/aromatic N) is 1. The lowest BCUT2D eigenvalue weighted by Crippen LogP contribution is -2.42. The average Bonchev–Trinajstić information content (AvgIpc) is 2.71. The molecule has 0 aromatic heterocycles. The standard InChI is InChI=1S/C21H23Cl2N3O4S/c1-13-17(20(24)27)3-2-4-19(13)25-21(28)14-7-9-26(10-8-14)31(29,30)12-15-5-6-16(22)11-18(15)23/h2-6,11,14H,7-10,12H2,1H3,(H2,24,27)(H,25,28). The van der Waals surface area contributed by atoms with E-state index in [-0.39, 0.29) is 30.7 Å². The van der Waals surface area contributed by atoms with Crippen LogP contribution in [0.3, 0.4) is 0 Å². The number of rotatable bonds is 6. The molecule has 2 aromatic rings. The van der Waals surface area contributed by atoms with E-state index < -0.39 is 15.9 Å². The van der Waals surface area contributed by atoms with E-state index in [1.807, 2.05) is 0 Å². The van der Waals surface area contributed by atoms with Gasteiger partial charge in [-0.2, -0.15) is 0 Å². The molecule has 1 aliphatic heterocycles. The number of nitrogens with one attached hydrogen (secondary N) is 1. The van der Waals surface area contributed by atoms with E-state index in [4.69, 9.17) is 28.9 Å². The summed E-state index contributed by atoms with van der Waals surface area (Å²) in [7, 11) is -3.58. The first kappa shape index (κ1) is 23.5. The predicted octanol–water partition coefficient (Wildman–Crippen LogP) is 3.58. The molecule has 7 nitrogen and oxygen atoms in total. The molecule has 2 amide bonds. The Kier molecular flexibility index (Phi) is 7.26. The SMILES string of the molecule is Cc1c(NC(=O)C2CCN(S(=O)(=O)Cc3ccc(Cl)cc3Cl)CC2)cccc1C(N)=O.